The molecule has 0 aliphatic rings. The van der Waals surface area contributed by atoms with E-state index in [-0.39, 0.29) is 18.0 Å². The van der Waals surface area contributed by atoms with Crippen molar-refractivity contribution in [1.82, 2.24) is 4.98 Å². The molecule has 2 rings (SSSR count). The van der Waals surface area contributed by atoms with Crippen LogP contribution >= 0.6 is 0 Å². The molecule has 1 amide bonds. The fraction of sp³-hybridized carbons (Fsp3) is 0.133. The number of carbonyl (C=O) groups is 2. The average Bonchev–Trinajstić information content (AvgIpc) is 2.49. The van der Waals surface area contributed by atoms with Gasteiger partial charge in [-0.3, -0.25) is 9.78 Å². The molecule has 1 aromatic carbocycles. The number of nitrogens with one attached hydrogen (secondary N) is 1. The first-order chi connectivity index (χ1) is 10.0. The number of pyridine rings is 1. The van der Waals surface area contributed by atoms with Crippen LogP contribution in [0.3, 0.4) is 0 Å². The fourth-order valence-electron chi connectivity index (χ4n) is 1.93. The summed E-state index contributed by atoms with van der Waals surface area (Å²) in [6, 6.07) is 7.91. The van der Waals surface area contributed by atoms with E-state index in [0.717, 1.165) is 0 Å². The summed E-state index contributed by atoms with van der Waals surface area (Å²) in [5.41, 5.74) is 7.65. The number of carboxylic acids is 1. The number of hydrogen-bond donors (Lipinski definition) is 3. The van der Waals surface area contributed by atoms with Gasteiger partial charge in [-0.2, -0.15) is 0 Å². The van der Waals surface area contributed by atoms with E-state index in [4.69, 9.17) is 10.8 Å². The lowest BCUT2D eigenvalue weighted by molar-refractivity contribution is 0.0695. The summed E-state index contributed by atoms with van der Waals surface area (Å²) in [5.74, 6) is -1.37. The Bertz CT molecular complexity index is 698. The third-order valence-corrected chi connectivity index (χ3v) is 3.10. The molecule has 0 aliphatic heterocycles. The molecule has 0 fully saturated rings. The highest BCUT2D eigenvalue weighted by Crippen LogP contribution is 2.19. The van der Waals surface area contributed by atoms with Gasteiger partial charge in [-0.1, -0.05) is 6.07 Å². The number of hydrogen-bond acceptors (Lipinski definition) is 4. The topological polar surface area (TPSA) is 105 Å². The van der Waals surface area contributed by atoms with Gasteiger partial charge in [-0.25, -0.2) is 4.79 Å². The van der Waals surface area contributed by atoms with Gasteiger partial charge in [0.15, 0.2) is 0 Å². The first-order valence-corrected chi connectivity index (χ1v) is 6.32. The molecule has 108 valence electrons. The highest BCUT2D eigenvalue weighted by atomic mass is 16.4. The Morgan fingerprint density at radius 1 is 1.33 bits per heavy atom. The van der Waals surface area contributed by atoms with E-state index in [0.29, 0.717) is 22.5 Å². The van der Waals surface area contributed by atoms with Gasteiger partial charge in [0.05, 0.1) is 11.3 Å². The Hall–Kier alpha value is -2.73. The standard InChI is InChI=1S/C15H15N3O3/c1-9-12(15(20)21)3-2-4-13(9)18-14(19)10-5-6-17-11(7-10)8-16/h2-7H,8,16H2,1H3,(H,18,19)(H,20,21). The van der Waals surface area contributed by atoms with Crippen LogP contribution < -0.4 is 11.1 Å². The molecule has 0 saturated heterocycles. The Kier molecular flexibility index (Phi) is 4.30. The molecule has 0 bridgehead atoms. The fourth-order valence-corrected chi connectivity index (χ4v) is 1.93. The third-order valence-electron chi connectivity index (χ3n) is 3.10. The summed E-state index contributed by atoms with van der Waals surface area (Å²) in [4.78, 5) is 27.3. The van der Waals surface area contributed by atoms with Crippen LogP contribution in [0.1, 0.15) is 32.0 Å². The second-order valence-electron chi connectivity index (χ2n) is 4.48. The smallest absolute Gasteiger partial charge is 0.336 e. The SMILES string of the molecule is Cc1c(NC(=O)c2ccnc(CN)c2)cccc1C(=O)O. The molecule has 0 spiro atoms. The van der Waals surface area contributed by atoms with Crippen LogP contribution in [0, 0.1) is 6.92 Å². The molecule has 1 aromatic heterocycles. The van der Waals surface area contributed by atoms with Crippen molar-refractivity contribution in [3.63, 3.8) is 0 Å². The second-order valence-corrected chi connectivity index (χ2v) is 4.48. The van der Waals surface area contributed by atoms with E-state index >= 15 is 0 Å². The van der Waals surface area contributed by atoms with Crippen LogP contribution in [0.2, 0.25) is 0 Å². The highest BCUT2D eigenvalue weighted by Gasteiger charge is 2.13. The van der Waals surface area contributed by atoms with Gasteiger partial charge in [-0.05, 0) is 36.8 Å². The van der Waals surface area contributed by atoms with Gasteiger partial charge < -0.3 is 16.2 Å². The monoisotopic (exact) mass is 285 g/mol. The van der Waals surface area contributed by atoms with Crippen LogP contribution in [-0.2, 0) is 6.54 Å². The molecule has 2 aromatic rings. The number of carbonyl (C=O) groups excluding carboxylic acids is 1. The van der Waals surface area contributed by atoms with Crippen LogP contribution in [-0.4, -0.2) is 22.0 Å². The summed E-state index contributed by atoms with van der Waals surface area (Å²) in [6.07, 6.45) is 1.51. The molecule has 0 atom stereocenters. The largest absolute Gasteiger partial charge is 0.478 e. The zero-order valence-electron chi connectivity index (χ0n) is 11.5. The minimum atomic E-state index is -1.03. The summed E-state index contributed by atoms with van der Waals surface area (Å²) in [5, 5.41) is 11.8. The Balaban J connectivity index is 2.27. The van der Waals surface area contributed by atoms with Crippen LogP contribution in [0.15, 0.2) is 36.5 Å². The van der Waals surface area contributed by atoms with Crippen LogP contribution in [0.4, 0.5) is 5.69 Å². The van der Waals surface area contributed by atoms with E-state index in [9.17, 15) is 9.59 Å². The summed E-state index contributed by atoms with van der Waals surface area (Å²) < 4.78 is 0. The maximum Gasteiger partial charge on any atom is 0.336 e. The number of amides is 1. The highest BCUT2D eigenvalue weighted by molar-refractivity contribution is 6.05. The van der Waals surface area contributed by atoms with Crippen molar-refractivity contribution in [3.8, 4) is 0 Å². The minimum Gasteiger partial charge on any atom is -0.478 e. The molecule has 21 heavy (non-hydrogen) atoms. The number of anilines is 1. The Morgan fingerprint density at radius 2 is 2.10 bits per heavy atom. The van der Waals surface area contributed by atoms with Gasteiger partial charge in [0, 0.05) is 24.0 Å². The number of aromatic nitrogens is 1. The van der Waals surface area contributed by atoms with Gasteiger partial charge >= 0.3 is 5.97 Å². The first-order valence-electron chi connectivity index (χ1n) is 6.32. The van der Waals surface area contributed by atoms with Crippen molar-refractivity contribution in [1.29, 1.82) is 0 Å². The molecule has 0 unspecified atom stereocenters. The molecular formula is C15H15N3O3. The van der Waals surface area contributed by atoms with Crippen LogP contribution in [0.5, 0.6) is 0 Å². The number of rotatable bonds is 4. The van der Waals surface area contributed by atoms with E-state index < -0.39 is 5.97 Å². The number of benzene rings is 1. The third kappa shape index (κ3) is 3.24. The number of carboxylic acid groups (broad SMARTS) is 1. The van der Waals surface area contributed by atoms with Gasteiger partial charge in [0.1, 0.15) is 0 Å². The summed E-state index contributed by atoms with van der Waals surface area (Å²) >= 11 is 0. The van der Waals surface area contributed by atoms with Crippen molar-refractivity contribution >= 4 is 17.6 Å². The number of nitrogens with zero attached hydrogens (tertiary/aromatic N) is 1. The lowest BCUT2D eigenvalue weighted by Gasteiger charge is -2.10. The molecule has 0 aliphatic carbocycles. The van der Waals surface area contributed by atoms with E-state index in [1.54, 1.807) is 31.2 Å². The van der Waals surface area contributed by atoms with E-state index in [1.165, 1.54) is 12.3 Å². The molecule has 1 heterocycles. The quantitative estimate of drug-likeness (QED) is 0.794. The Labute approximate surface area is 121 Å². The van der Waals surface area contributed by atoms with Crippen molar-refractivity contribution in [2.75, 3.05) is 5.32 Å². The number of nitrogens with two attached hydrogens (primary N) is 1. The van der Waals surface area contributed by atoms with Gasteiger partial charge in [0.2, 0.25) is 0 Å². The summed E-state index contributed by atoms with van der Waals surface area (Å²) in [6.45, 7) is 1.89. The summed E-state index contributed by atoms with van der Waals surface area (Å²) in [7, 11) is 0. The zero-order valence-corrected chi connectivity index (χ0v) is 11.5. The first kappa shape index (κ1) is 14.7. The molecule has 0 radical (unpaired) electrons. The van der Waals surface area contributed by atoms with Crippen molar-refractivity contribution in [2.45, 2.75) is 13.5 Å². The van der Waals surface area contributed by atoms with Crippen molar-refractivity contribution < 1.29 is 14.7 Å². The predicted octanol–water partition coefficient (Wildman–Crippen LogP) is 1.80. The van der Waals surface area contributed by atoms with Crippen LogP contribution in [0.25, 0.3) is 0 Å². The van der Waals surface area contributed by atoms with Gasteiger partial charge in [0.25, 0.3) is 5.91 Å². The molecule has 6 nitrogen and oxygen atoms in total. The lowest BCUT2D eigenvalue weighted by atomic mass is 10.1. The van der Waals surface area contributed by atoms with Crippen molar-refractivity contribution in [2.24, 2.45) is 5.73 Å². The Morgan fingerprint density at radius 3 is 2.76 bits per heavy atom. The average molecular weight is 285 g/mol. The molecule has 4 N–H and O–H groups in total. The lowest BCUT2D eigenvalue weighted by Crippen LogP contribution is -2.15. The maximum absolute atomic E-state index is 12.2. The number of aromatic carboxylic acids is 1. The van der Waals surface area contributed by atoms with Crippen molar-refractivity contribution in [3.05, 3.63) is 58.9 Å². The minimum absolute atomic E-state index is 0.158. The molecule has 6 heteroatoms. The maximum atomic E-state index is 12.2. The van der Waals surface area contributed by atoms with E-state index in [1.807, 2.05) is 0 Å². The van der Waals surface area contributed by atoms with Gasteiger partial charge in [-0.15, -0.1) is 0 Å². The second kappa shape index (κ2) is 6.15. The zero-order chi connectivity index (χ0) is 15.4. The van der Waals surface area contributed by atoms with E-state index in [2.05, 4.69) is 10.3 Å². The predicted molar refractivity (Wildman–Crippen MR) is 78.2 cm³/mol. The normalized spacial score (nSPS) is 10.2. The molecular weight excluding hydrogens is 270 g/mol. The molecule has 0 saturated carbocycles.